The van der Waals surface area contributed by atoms with E-state index < -0.39 is 0 Å². The van der Waals surface area contributed by atoms with Crippen LogP contribution in [0.2, 0.25) is 0 Å². The molecule has 1 heteroatoms. The topological polar surface area (TPSA) is 13.1 Å². The van der Waals surface area contributed by atoms with Crippen molar-refractivity contribution in [1.82, 2.24) is 0 Å². The first-order chi connectivity index (χ1) is 19.4. The number of hydrogen-bond acceptors (Lipinski definition) is 1. The van der Waals surface area contributed by atoms with Crippen molar-refractivity contribution in [3.63, 3.8) is 0 Å². The largest absolute Gasteiger partial charge is 0.455 e. The molecule has 0 saturated carbocycles. The molecule has 0 bridgehead atoms. The van der Waals surface area contributed by atoms with Gasteiger partial charge >= 0.3 is 0 Å². The van der Waals surface area contributed by atoms with Crippen molar-refractivity contribution in [1.29, 1.82) is 0 Å². The highest BCUT2D eigenvalue weighted by molar-refractivity contribution is 6.24. The molecule has 1 nitrogen and oxygen atoms in total. The molecule has 39 heavy (non-hydrogen) atoms. The minimum Gasteiger partial charge on any atom is -0.455 e. The Labute approximate surface area is 226 Å². The van der Waals surface area contributed by atoms with Crippen molar-refractivity contribution >= 4 is 43.3 Å². The molecule has 8 aromatic rings. The summed E-state index contributed by atoms with van der Waals surface area (Å²) in [6.07, 6.45) is 0. The number of furan rings is 1. The predicted octanol–water partition coefficient (Wildman–Crippen LogP) is 10.9. The van der Waals surface area contributed by atoms with Gasteiger partial charge in [-0.05, 0) is 49.7 Å². The van der Waals surface area contributed by atoms with Crippen molar-refractivity contribution in [3.8, 4) is 33.6 Å². The molecule has 0 spiro atoms. The Kier molecular flexibility index (Phi) is 4.89. The predicted molar refractivity (Wildman–Crippen MR) is 165 cm³/mol. The van der Waals surface area contributed by atoms with Crippen molar-refractivity contribution < 1.29 is 4.42 Å². The summed E-state index contributed by atoms with van der Waals surface area (Å²) in [6, 6.07) is 51.8. The fourth-order valence-corrected chi connectivity index (χ4v) is 6.18. The van der Waals surface area contributed by atoms with Crippen LogP contribution in [-0.4, -0.2) is 0 Å². The summed E-state index contributed by atoms with van der Waals surface area (Å²) in [5.74, 6) is 0.916. The fourth-order valence-electron chi connectivity index (χ4n) is 6.18. The van der Waals surface area contributed by atoms with E-state index in [1.165, 1.54) is 38.1 Å². The van der Waals surface area contributed by atoms with E-state index in [1.54, 1.807) is 0 Å². The molecular weight excluding hydrogens is 472 g/mol. The maximum Gasteiger partial charge on any atom is 0.144 e. The van der Waals surface area contributed by atoms with E-state index in [4.69, 9.17) is 4.42 Å². The SMILES string of the molecule is c1ccc(-c2c3ccccc3c(-c3oc4c(ccc5ccccc54)c3-c3ccccc3)c3ccccc23)cc1. The molecule has 0 amide bonds. The highest BCUT2D eigenvalue weighted by atomic mass is 16.3. The monoisotopic (exact) mass is 496 g/mol. The molecule has 0 N–H and O–H groups in total. The molecule has 7 aromatic carbocycles. The van der Waals surface area contributed by atoms with Crippen LogP contribution in [0.25, 0.3) is 76.9 Å². The van der Waals surface area contributed by atoms with Gasteiger partial charge in [0.15, 0.2) is 0 Å². The first-order valence-electron chi connectivity index (χ1n) is 13.4. The maximum atomic E-state index is 7.01. The van der Waals surface area contributed by atoms with Crippen molar-refractivity contribution in [3.05, 3.63) is 146 Å². The molecule has 0 saturated heterocycles. The van der Waals surface area contributed by atoms with E-state index in [9.17, 15) is 0 Å². The minimum atomic E-state index is 0.916. The van der Waals surface area contributed by atoms with Crippen molar-refractivity contribution in [2.45, 2.75) is 0 Å². The Morgan fingerprint density at radius 3 is 1.36 bits per heavy atom. The fraction of sp³-hybridized carbons (Fsp3) is 0. The van der Waals surface area contributed by atoms with Gasteiger partial charge in [-0.25, -0.2) is 0 Å². The van der Waals surface area contributed by atoms with Crippen LogP contribution < -0.4 is 0 Å². The lowest BCUT2D eigenvalue weighted by Gasteiger charge is -2.17. The Morgan fingerprint density at radius 1 is 0.308 bits per heavy atom. The zero-order valence-electron chi connectivity index (χ0n) is 21.3. The van der Waals surface area contributed by atoms with Crippen LogP contribution in [-0.2, 0) is 0 Å². The van der Waals surface area contributed by atoms with Crippen LogP contribution in [0, 0.1) is 0 Å². The number of rotatable bonds is 3. The van der Waals surface area contributed by atoms with Crippen LogP contribution in [0.3, 0.4) is 0 Å². The number of hydrogen-bond donors (Lipinski definition) is 0. The van der Waals surface area contributed by atoms with Crippen molar-refractivity contribution in [2.24, 2.45) is 0 Å². The van der Waals surface area contributed by atoms with E-state index in [2.05, 4.69) is 146 Å². The quantitative estimate of drug-likeness (QED) is 0.222. The molecular formula is C38H24O. The molecule has 0 atom stereocenters. The van der Waals surface area contributed by atoms with Crippen LogP contribution in [0.4, 0.5) is 0 Å². The number of benzene rings is 7. The smallest absolute Gasteiger partial charge is 0.144 e. The van der Waals surface area contributed by atoms with Gasteiger partial charge in [0.2, 0.25) is 0 Å². The molecule has 1 aromatic heterocycles. The summed E-state index contributed by atoms with van der Waals surface area (Å²) in [4.78, 5) is 0. The molecule has 0 unspecified atom stereocenters. The Bertz CT molecular complexity index is 2090. The second kappa shape index (κ2) is 8.72. The van der Waals surface area contributed by atoms with E-state index in [1.807, 2.05) is 0 Å². The second-order valence-electron chi connectivity index (χ2n) is 10.0. The van der Waals surface area contributed by atoms with E-state index in [-0.39, 0.29) is 0 Å². The third-order valence-electron chi connectivity index (χ3n) is 7.86. The average Bonchev–Trinajstić information content (AvgIpc) is 3.40. The molecule has 1 heterocycles. The van der Waals surface area contributed by atoms with Gasteiger partial charge in [0.1, 0.15) is 11.3 Å². The lowest BCUT2D eigenvalue weighted by Crippen LogP contribution is -1.91. The van der Waals surface area contributed by atoms with Gasteiger partial charge < -0.3 is 4.42 Å². The lowest BCUT2D eigenvalue weighted by molar-refractivity contribution is 0.637. The first-order valence-corrected chi connectivity index (χ1v) is 13.4. The van der Waals surface area contributed by atoms with E-state index in [0.717, 1.165) is 38.8 Å². The zero-order chi connectivity index (χ0) is 25.8. The van der Waals surface area contributed by atoms with Gasteiger partial charge in [-0.15, -0.1) is 0 Å². The van der Waals surface area contributed by atoms with Crippen LogP contribution >= 0.6 is 0 Å². The Hall–Kier alpha value is -5.14. The molecule has 0 fully saturated rings. The standard InChI is InChI=1S/C38H24O/c1-3-14-26(15-4-1)34-29-19-9-11-21-31(29)36(32-22-12-10-20-30(32)34)38-35(27-16-5-2-6-17-27)33-24-23-25-13-7-8-18-28(25)37(33)39-38/h1-24H. The second-order valence-corrected chi connectivity index (χ2v) is 10.0. The highest BCUT2D eigenvalue weighted by Gasteiger charge is 2.24. The van der Waals surface area contributed by atoms with Crippen LogP contribution in [0.1, 0.15) is 0 Å². The third kappa shape index (κ3) is 3.34. The van der Waals surface area contributed by atoms with Crippen LogP contribution in [0.5, 0.6) is 0 Å². The van der Waals surface area contributed by atoms with Crippen LogP contribution in [0.15, 0.2) is 150 Å². The lowest BCUT2D eigenvalue weighted by atomic mass is 9.86. The zero-order valence-corrected chi connectivity index (χ0v) is 21.3. The van der Waals surface area contributed by atoms with Gasteiger partial charge in [0.05, 0.1) is 0 Å². The molecule has 8 rings (SSSR count). The maximum absolute atomic E-state index is 7.01. The Morgan fingerprint density at radius 2 is 0.769 bits per heavy atom. The molecule has 0 aliphatic rings. The summed E-state index contributed by atoms with van der Waals surface area (Å²) < 4.78 is 7.01. The summed E-state index contributed by atoms with van der Waals surface area (Å²) in [7, 11) is 0. The molecule has 0 aliphatic heterocycles. The van der Waals surface area contributed by atoms with Gasteiger partial charge in [-0.1, -0.05) is 140 Å². The summed E-state index contributed by atoms with van der Waals surface area (Å²) in [5.41, 5.74) is 6.84. The van der Waals surface area contributed by atoms with Gasteiger partial charge in [-0.3, -0.25) is 0 Å². The van der Waals surface area contributed by atoms with Crippen molar-refractivity contribution in [2.75, 3.05) is 0 Å². The summed E-state index contributed by atoms with van der Waals surface area (Å²) in [5, 5.41) is 8.27. The summed E-state index contributed by atoms with van der Waals surface area (Å²) in [6.45, 7) is 0. The Balaban J connectivity index is 1.59. The average molecular weight is 497 g/mol. The highest BCUT2D eigenvalue weighted by Crippen LogP contribution is 2.49. The van der Waals surface area contributed by atoms with Gasteiger partial charge in [-0.2, -0.15) is 0 Å². The van der Waals surface area contributed by atoms with Gasteiger partial charge in [0, 0.05) is 21.9 Å². The van der Waals surface area contributed by atoms with E-state index >= 15 is 0 Å². The molecule has 0 aliphatic carbocycles. The third-order valence-corrected chi connectivity index (χ3v) is 7.86. The molecule has 0 radical (unpaired) electrons. The first kappa shape index (κ1) is 21.9. The minimum absolute atomic E-state index is 0.916. The van der Waals surface area contributed by atoms with E-state index in [0.29, 0.717) is 0 Å². The normalized spacial score (nSPS) is 11.6. The molecule has 182 valence electrons. The summed E-state index contributed by atoms with van der Waals surface area (Å²) >= 11 is 0. The van der Waals surface area contributed by atoms with Gasteiger partial charge in [0.25, 0.3) is 0 Å². The number of fused-ring (bicyclic) bond motifs is 5.